The lowest BCUT2D eigenvalue weighted by Gasteiger charge is -2.25. The predicted molar refractivity (Wildman–Crippen MR) is 113 cm³/mol. The van der Waals surface area contributed by atoms with Crippen LogP contribution in [0, 0.1) is 25.2 Å². The van der Waals surface area contributed by atoms with Gasteiger partial charge in [-0.25, -0.2) is 0 Å². The van der Waals surface area contributed by atoms with Gasteiger partial charge in [-0.15, -0.1) is 0 Å². The van der Waals surface area contributed by atoms with Crippen LogP contribution in [0.4, 0.5) is 0 Å². The highest BCUT2D eigenvalue weighted by atomic mass is 16.1. The fourth-order valence-electron chi connectivity index (χ4n) is 4.12. The Morgan fingerprint density at radius 1 is 1.24 bits per heavy atom. The van der Waals surface area contributed by atoms with E-state index in [1.54, 1.807) is 0 Å². The van der Waals surface area contributed by atoms with Gasteiger partial charge in [-0.2, -0.15) is 10.4 Å². The summed E-state index contributed by atoms with van der Waals surface area (Å²) in [6.07, 6.45) is 4.03. The molecule has 6 heteroatoms. The van der Waals surface area contributed by atoms with Crippen LogP contribution in [0.3, 0.4) is 0 Å². The van der Waals surface area contributed by atoms with Crippen LogP contribution < -0.4 is 5.32 Å². The number of nitriles is 1. The van der Waals surface area contributed by atoms with E-state index in [-0.39, 0.29) is 11.9 Å². The van der Waals surface area contributed by atoms with Crippen molar-refractivity contribution in [1.82, 2.24) is 20.0 Å². The summed E-state index contributed by atoms with van der Waals surface area (Å²) >= 11 is 0. The van der Waals surface area contributed by atoms with E-state index in [4.69, 9.17) is 5.26 Å². The zero-order valence-corrected chi connectivity index (χ0v) is 17.5. The molecule has 154 valence electrons. The van der Waals surface area contributed by atoms with E-state index in [1.165, 1.54) is 12.8 Å². The molecular weight excluding hydrogens is 362 g/mol. The van der Waals surface area contributed by atoms with Gasteiger partial charge in [0.2, 0.25) is 5.91 Å². The van der Waals surface area contributed by atoms with Crippen molar-refractivity contribution in [3.63, 3.8) is 0 Å². The lowest BCUT2D eigenvalue weighted by atomic mass is 10.0. The summed E-state index contributed by atoms with van der Waals surface area (Å²) in [7, 11) is 0. The van der Waals surface area contributed by atoms with E-state index < -0.39 is 0 Å². The maximum Gasteiger partial charge on any atom is 0.220 e. The number of nitrogens with zero attached hydrogens (tertiary/aromatic N) is 4. The van der Waals surface area contributed by atoms with E-state index in [9.17, 15) is 4.79 Å². The Hall–Kier alpha value is -2.65. The minimum absolute atomic E-state index is 0.0161. The van der Waals surface area contributed by atoms with Crippen LogP contribution in [0.25, 0.3) is 0 Å². The smallest absolute Gasteiger partial charge is 0.220 e. The largest absolute Gasteiger partial charge is 0.348 e. The predicted octanol–water partition coefficient (Wildman–Crippen LogP) is 3.30. The van der Waals surface area contributed by atoms with Crippen molar-refractivity contribution >= 4 is 5.91 Å². The molecule has 3 rings (SSSR count). The highest BCUT2D eigenvalue weighted by Crippen LogP contribution is 2.19. The number of amides is 1. The van der Waals surface area contributed by atoms with E-state index in [1.807, 2.05) is 36.7 Å². The van der Waals surface area contributed by atoms with Crippen molar-refractivity contribution in [1.29, 1.82) is 5.26 Å². The summed E-state index contributed by atoms with van der Waals surface area (Å²) in [5.41, 5.74) is 4.28. The minimum Gasteiger partial charge on any atom is -0.348 e. The van der Waals surface area contributed by atoms with Gasteiger partial charge in [-0.3, -0.25) is 9.48 Å². The second kappa shape index (κ2) is 10.2. The Bertz CT molecular complexity index is 846. The number of carbonyl (C=O) groups is 1. The fourth-order valence-corrected chi connectivity index (χ4v) is 4.12. The van der Waals surface area contributed by atoms with Crippen LogP contribution in [-0.4, -0.2) is 40.2 Å². The molecule has 1 atom stereocenters. The van der Waals surface area contributed by atoms with Gasteiger partial charge < -0.3 is 10.2 Å². The molecule has 29 heavy (non-hydrogen) atoms. The molecule has 6 nitrogen and oxygen atoms in total. The molecule has 0 spiro atoms. The molecule has 1 fully saturated rings. The molecule has 0 saturated carbocycles. The third-order valence-electron chi connectivity index (χ3n) is 5.75. The van der Waals surface area contributed by atoms with Crippen molar-refractivity contribution < 1.29 is 4.79 Å². The summed E-state index contributed by atoms with van der Waals surface area (Å²) in [5.74, 6) is 0.0709. The molecule has 1 aromatic carbocycles. The monoisotopic (exact) mass is 393 g/mol. The van der Waals surface area contributed by atoms with E-state index in [0.29, 0.717) is 25.8 Å². The molecule has 1 aliphatic rings. The lowest BCUT2D eigenvalue weighted by Crippen LogP contribution is -2.37. The molecule has 1 saturated heterocycles. The first kappa shape index (κ1) is 21.1. The number of nitrogens with one attached hydrogen (secondary N) is 1. The molecule has 0 bridgehead atoms. The van der Waals surface area contributed by atoms with Crippen LogP contribution in [0.1, 0.15) is 54.2 Å². The Kier molecular flexibility index (Phi) is 7.42. The molecule has 0 aliphatic carbocycles. The molecule has 0 radical (unpaired) electrons. The number of likely N-dealkylation sites (tertiary alicyclic amines) is 1. The van der Waals surface area contributed by atoms with Crippen LogP contribution >= 0.6 is 0 Å². The van der Waals surface area contributed by atoms with E-state index in [0.717, 1.165) is 42.1 Å². The van der Waals surface area contributed by atoms with Crippen LogP contribution in [0.5, 0.6) is 0 Å². The van der Waals surface area contributed by atoms with Crippen molar-refractivity contribution in [3.05, 3.63) is 52.8 Å². The second-order valence-electron chi connectivity index (χ2n) is 7.82. The zero-order valence-electron chi connectivity index (χ0n) is 17.5. The SMILES string of the molecule is Cc1nn(CCC#N)c(C)c1CCC(=O)NC(CN1CCCC1)c1ccccc1. The number of carbonyl (C=O) groups excluding carboxylic acids is 1. The quantitative estimate of drug-likeness (QED) is 0.709. The van der Waals surface area contributed by atoms with Crippen molar-refractivity contribution in [2.24, 2.45) is 0 Å². The summed E-state index contributed by atoms with van der Waals surface area (Å²) in [4.78, 5) is 15.2. The standard InChI is InChI=1S/C23H31N5O/c1-18-21(19(2)28(26-18)16-8-13-24)11-12-23(29)25-22(17-27-14-6-7-15-27)20-9-4-3-5-10-20/h3-5,9-10,22H,6-8,11-12,14-17H2,1-2H3,(H,25,29). The van der Waals surface area contributed by atoms with Crippen LogP contribution in [-0.2, 0) is 17.8 Å². The van der Waals surface area contributed by atoms with Gasteiger partial charge in [-0.05, 0) is 57.3 Å². The first-order valence-electron chi connectivity index (χ1n) is 10.5. The van der Waals surface area contributed by atoms with Crippen molar-refractivity contribution in [2.75, 3.05) is 19.6 Å². The summed E-state index contributed by atoms with van der Waals surface area (Å²) in [6, 6.07) is 12.4. The van der Waals surface area contributed by atoms with E-state index >= 15 is 0 Å². The zero-order chi connectivity index (χ0) is 20.6. The Morgan fingerprint density at radius 3 is 2.66 bits per heavy atom. The van der Waals surface area contributed by atoms with Crippen molar-refractivity contribution in [3.8, 4) is 6.07 Å². The van der Waals surface area contributed by atoms with Gasteiger partial charge in [0.05, 0.1) is 30.8 Å². The fraction of sp³-hybridized carbons (Fsp3) is 0.522. The van der Waals surface area contributed by atoms with E-state index in [2.05, 4.69) is 33.5 Å². The van der Waals surface area contributed by atoms with Gasteiger partial charge in [0.25, 0.3) is 0 Å². The lowest BCUT2D eigenvalue weighted by molar-refractivity contribution is -0.121. The Balaban J connectivity index is 1.61. The van der Waals surface area contributed by atoms with Crippen LogP contribution in [0.2, 0.25) is 0 Å². The molecular formula is C23H31N5O. The molecule has 1 amide bonds. The number of rotatable bonds is 9. The topological polar surface area (TPSA) is 73.9 Å². The maximum absolute atomic E-state index is 12.8. The van der Waals surface area contributed by atoms with Gasteiger partial charge in [-0.1, -0.05) is 30.3 Å². The van der Waals surface area contributed by atoms with Gasteiger partial charge >= 0.3 is 0 Å². The third kappa shape index (κ3) is 5.68. The maximum atomic E-state index is 12.8. The number of hydrogen-bond donors (Lipinski definition) is 1. The second-order valence-corrected chi connectivity index (χ2v) is 7.82. The number of hydrogen-bond acceptors (Lipinski definition) is 4. The highest BCUT2D eigenvalue weighted by molar-refractivity contribution is 5.76. The number of benzene rings is 1. The summed E-state index contributed by atoms with van der Waals surface area (Å²) in [5, 5.41) is 16.6. The molecule has 1 N–H and O–H groups in total. The summed E-state index contributed by atoms with van der Waals surface area (Å²) < 4.78 is 1.88. The van der Waals surface area contributed by atoms with Gasteiger partial charge in [0, 0.05) is 18.7 Å². The molecule has 1 unspecified atom stereocenters. The number of aryl methyl sites for hydroxylation is 2. The molecule has 1 aliphatic heterocycles. The highest BCUT2D eigenvalue weighted by Gasteiger charge is 2.21. The first-order chi connectivity index (χ1) is 14.1. The van der Waals surface area contributed by atoms with Gasteiger partial charge in [0.1, 0.15) is 0 Å². The molecule has 2 aromatic rings. The molecule has 1 aromatic heterocycles. The Morgan fingerprint density at radius 2 is 1.97 bits per heavy atom. The normalized spacial score (nSPS) is 15.2. The minimum atomic E-state index is 0.0161. The Labute approximate surface area is 173 Å². The average Bonchev–Trinajstić information content (AvgIpc) is 3.33. The summed E-state index contributed by atoms with van der Waals surface area (Å²) in [6.45, 7) is 7.67. The van der Waals surface area contributed by atoms with Crippen molar-refractivity contribution in [2.45, 2.75) is 58.5 Å². The first-order valence-corrected chi connectivity index (χ1v) is 10.5. The average molecular weight is 394 g/mol. The van der Waals surface area contributed by atoms with Gasteiger partial charge in [0.15, 0.2) is 0 Å². The number of aromatic nitrogens is 2. The van der Waals surface area contributed by atoms with Crippen LogP contribution in [0.15, 0.2) is 30.3 Å². The molecule has 2 heterocycles. The third-order valence-corrected chi connectivity index (χ3v) is 5.75.